The fourth-order valence-corrected chi connectivity index (χ4v) is 2.27. The second-order valence-electron chi connectivity index (χ2n) is 2.38. The van der Waals surface area contributed by atoms with Gasteiger partial charge in [-0.1, -0.05) is 12.2 Å². The molecular weight excluding hydrogens is 172 g/mol. The molecule has 0 N–H and O–H groups in total. The summed E-state index contributed by atoms with van der Waals surface area (Å²) < 4.78 is 21.4. The van der Waals surface area contributed by atoms with E-state index in [2.05, 4.69) is 0 Å². The van der Waals surface area contributed by atoms with Gasteiger partial charge in [-0.05, 0) is 19.3 Å². The van der Waals surface area contributed by atoms with Gasteiger partial charge in [-0.25, -0.2) is 8.42 Å². The molecular formula is C6H9ClO2S. The molecule has 0 heterocycles. The third-order valence-corrected chi connectivity index (χ3v) is 3.60. The van der Waals surface area contributed by atoms with Crippen LogP contribution in [0.25, 0.3) is 0 Å². The molecule has 0 aromatic rings. The van der Waals surface area contributed by atoms with E-state index in [9.17, 15) is 8.42 Å². The van der Waals surface area contributed by atoms with Crippen molar-refractivity contribution in [2.45, 2.75) is 24.5 Å². The van der Waals surface area contributed by atoms with Crippen LogP contribution in [0.3, 0.4) is 0 Å². The minimum atomic E-state index is -3.30. The Morgan fingerprint density at radius 3 is 2.40 bits per heavy atom. The van der Waals surface area contributed by atoms with Gasteiger partial charge in [-0.3, -0.25) is 0 Å². The number of allylic oxidation sites excluding steroid dienone is 2. The third-order valence-electron chi connectivity index (χ3n) is 1.62. The van der Waals surface area contributed by atoms with Gasteiger partial charge in [0.1, 0.15) is 0 Å². The molecule has 1 aliphatic rings. The average molecular weight is 181 g/mol. The van der Waals surface area contributed by atoms with Gasteiger partial charge in [0, 0.05) is 10.7 Å². The highest BCUT2D eigenvalue weighted by Crippen LogP contribution is 2.21. The number of halogens is 1. The smallest absolute Gasteiger partial charge is 0.212 e. The van der Waals surface area contributed by atoms with Crippen molar-refractivity contribution in [3.8, 4) is 0 Å². The zero-order chi connectivity index (χ0) is 7.61. The molecule has 1 rings (SSSR count). The van der Waals surface area contributed by atoms with Crippen molar-refractivity contribution in [2.24, 2.45) is 0 Å². The molecule has 1 atom stereocenters. The molecule has 0 aromatic carbocycles. The van der Waals surface area contributed by atoms with E-state index in [-0.39, 0.29) is 5.25 Å². The van der Waals surface area contributed by atoms with Crippen LogP contribution in [0.1, 0.15) is 19.3 Å². The van der Waals surface area contributed by atoms with Crippen molar-refractivity contribution in [3.63, 3.8) is 0 Å². The molecule has 0 saturated heterocycles. The quantitative estimate of drug-likeness (QED) is 0.455. The van der Waals surface area contributed by atoms with E-state index in [1.165, 1.54) is 0 Å². The molecule has 10 heavy (non-hydrogen) atoms. The molecule has 0 aromatic heterocycles. The summed E-state index contributed by atoms with van der Waals surface area (Å²) in [6, 6.07) is 0. The minimum absolute atomic E-state index is 0.348. The first kappa shape index (κ1) is 8.08. The van der Waals surface area contributed by atoms with Crippen molar-refractivity contribution in [3.05, 3.63) is 12.2 Å². The van der Waals surface area contributed by atoms with Crippen LogP contribution < -0.4 is 0 Å². The van der Waals surface area contributed by atoms with Gasteiger partial charge >= 0.3 is 0 Å². The van der Waals surface area contributed by atoms with Gasteiger partial charge in [0.05, 0.1) is 5.25 Å². The van der Waals surface area contributed by atoms with E-state index < -0.39 is 9.05 Å². The Morgan fingerprint density at radius 2 is 2.10 bits per heavy atom. The first-order valence-corrected chi connectivity index (χ1v) is 5.56. The number of rotatable bonds is 1. The van der Waals surface area contributed by atoms with E-state index in [4.69, 9.17) is 10.7 Å². The highest BCUT2D eigenvalue weighted by atomic mass is 35.7. The fourth-order valence-electron chi connectivity index (χ4n) is 1.02. The molecule has 0 bridgehead atoms. The lowest BCUT2D eigenvalue weighted by Crippen LogP contribution is -2.16. The van der Waals surface area contributed by atoms with Gasteiger partial charge in [0.2, 0.25) is 9.05 Å². The Hall–Kier alpha value is -0.0200. The van der Waals surface area contributed by atoms with Crippen LogP contribution in [0.4, 0.5) is 0 Å². The lowest BCUT2D eigenvalue weighted by Gasteiger charge is -2.12. The third kappa shape index (κ3) is 1.99. The van der Waals surface area contributed by atoms with E-state index in [1.54, 1.807) is 0 Å². The van der Waals surface area contributed by atoms with Gasteiger partial charge in [0.25, 0.3) is 0 Å². The molecule has 58 valence electrons. The van der Waals surface area contributed by atoms with Crippen molar-refractivity contribution in [2.75, 3.05) is 0 Å². The number of hydrogen-bond donors (Lipinski definition) is 0. The summed E-state index contributed by atoms with van der Waals surface area (Å²) >= 11 is 0. The molecule has 2 nitrogen and oxygen atoms in total. The van der Waals surface area contributed by atoms with Crippen LogP contribution in [-0.4, -0.2) is 13.7 Å². The van der Waals surface area contributed by atoms with Crippen molar-refractivity contribution in [1.82, 2.24) is 0 Å². The molecule has 1 aliphatic carbocycles. The molecule has 4 heteroatoms. The summed E-state index contributed by atoms with van der Waals surface area (Å²) in [7, 11) is 1.85. The Labute approximate surface area is 65.3 Å². The predicted molar refractivity (Wildman–Crippen MR) is 41.6 cm³/mol. The van der Waals surface area contributed by atoms with Crippen molar-refractivity contribution in [1.29, 1.82) is 0 Å². The van der Waals surface area contributed by atoms with Crippen LogP contribution in [-0.2, 0) is 9.05 Å². The maximum atomic E-state index is 10.7. The van der Waals surface area contributed by atoms with E-state index in [0.29, 0.717) is 12.8 Å². The van der Waals surface area contributed by atoms with E-state index in [0.717, 1.165) is 6.42 Å². The van der Waals surface area contributed by atoms with Crippen LogP contribution in [0, 0.1) is 0 Å². The summed E-state index contributed by atoms with van der Waals surface area (Å²) in [5.74, 6) is 0. The fraction of sp³-hybridized carbons (Fsp3) is 0.667. The Bertz CT molecular complexity index is 230. The summed E-state index contributed by atoms with van der Waals surface area (Å²) in [5, 5.41) is -0.348. The van der Waals surface area contributed by atoms with Gasteiger partial charge in [0.15, 0.2) is 0 Å². The highest BCUT2D eigenvalue weighted by Gasteiger charge is 2.22. The molecule has 0 aliphatic heterocycles. The van der Waals surface area contributed by atoms with E-state index >= 15 is 0 Å². The molecule has 0 spiro atoms. The summed E-state index contributed by atoms with van der Waals surface area (Å²) in [6.45, 7) is 0. The summed E-state index contributed by atoms with van der Waals surface area (Å²) in [5.41, 5.74) is 0. The first-order chi connectivity index (χ1) is 4.61. The molecule has 0 amide bonds. The zero-order valence-electron chi connectivity index (χ0n) is 5.46. The van der Waals surface area contributed by atoms with Crippen LogP contribution >= 0.6 is 10.7 Å². The summed E-state index contributed by atoms with van der Waals surface area (Å²) in [6.07, 6.45) is 5.93. The average Bonchev–Trinajstić information content (AvgIpc) is 1.88. The van der Waals surface area contributed by atoms with Crippen molar-refractivity contribution >= 4 is 19.7 Å². The minimum Gasteiger partial charge on any atom is -0.212 e. The zero-order valence-corrected chi connectivity index (χ0v) is 7.03. The standard InChI is InChI=1S/C6H9ClO2S/c7-10(8,9)6-4-2-1-3-5-6/h1-2,6H,3-5H2/t6-/m1/s1. The van der Waals surface area contributed by atoms with Gasteiger partial charge in [-0.2, -0.15) is 0 Å². The SMILES string of the molecule is O=S(=O)(Cl)[C@@H]1CC=CCC1. The Kier molecular flexibility index (Phi) is 2.36. The van der Waals surface area contributed by atoms with Gasteiger partial charge < -0.3 is 0 Å². The van der Waals surface area contributed by atoms with Crippen LogP contribution in [0.5, 0.6) is 0 Å². The topological polar surface area (TPSA) is 34.1 Å². The maximum Gasteiger partial charge on any atom is 0.235 e. The largest absolute Gasteiger partial charge is 0.235 e. The summed E-state index contributed by atoms with van der Waals surface area (Å²) in [4.78, 5) is 0. The van der Waals surface area contributed by atoms with Crippen molar-refractivity contribution < 1.29 is 8.42 Å². The first-order valence-electron chi connectivity index (χ1n) is 3.19. The van der Waals surface area contributed by atoms with Crippen LogP contribution in [0.2, 0.25) is 0 Å². The normalized spacial score (nSPS) is 26.7. The lowest BCUT2D eigenvalue weighted by molar-refractivity contribution is 0.582. The molecule has 0 unspecified atom stereocenters. The van der Waals surface area contributed by atoms with E-state index in [1.807, 2.05) is 12.2 Å². The predicted octanol–water partition coefficient (Wildman–Crippen LogP) is 1.66. The monoisotopic (exact) mass is 180 g/mol. The molecule has 0 saturated carbocycles. The van der Waals surface area contributed by atoms with Crippen LogP contribution in [0.15, 0.2) is 12.2 Å². The lowest BCUT2D eigenvalue weighted by atomic mass is 10.1. The highest BCUT2D eigenvalue weighted by molar-refractivity contribution is 8.14. The maximum absolute atomic E-state index is 10.7. The molecule has 0 radical (unpaired) electrons. The Balaban J connectivity index is 2.67. The molecule has 0 fully saturated rings. The Morgan fingerprint density at radius 1 is 1.40 bits per heavy atom. The second-order valence-corrected chi connectivity index (χ2v) is 5.29. The second kappa shape index (κ2) is 2.93. The van der Waals surface area contributed by atoms with Gasteiger partial charge in [-0.15, -0.1) is 0 Å². The number of hydrogen-bond acceptors (Lipinski definition) is 2.